The van der Waals surface area contributed by atoms with Crippen LogP contribution in [-0.2, 0) is 33.4 Å². The molecule has 6 N–H and O–H groups in total. The van der Waals surface area contributed by atoms with Crippen LogP contribution < -0.4 is 0 Å². The third-order valence-corrected chi connectivity index (χ3v) is 5.34. The minimum absolute atomic E-state index is 0.332. The van der Waals surface area contributed by atoms with E-state index in [9.17, 15) is 24.0 Å². The molecule has 0 aliphatic carbocycles. The number of hydrogen-bond acceptors (Lipinski definition) is 12. The highest BCUT2D eigenvalue weighted by Gasteiger charge is 2.34. The predicted molar refractivity (Wildman–Crippen MR) is 153 cm³/mol. The second-order valence-corrected chi connectivity index (χ2v) is 9.46. The Kier molecular flexibility index (Phi) is 32.5. The van der Waals surface area contributed by atoms with E-state index in [1.807, 2.05) is 0 Å². The van der Waals surface area contributed by atoms with Crippen LogP contribution in [0.15, 0.2) is 12.2 Å². The van der Waals surface area contributed by atoms with Crippen molar-refractivity contribution in [1.29, 1.82) is 0 Å². The zero-order valence-corrected chi connectivity index (χ0v) is 25.2. The summed E-state index contributed by atoms with van der Waals surface area (Å²) in [6.07, 6.45) is 15.7. The Morgan fingerprint density at radius 3 is 1.29 bits per heavy atom. The first-order valence-electron chi connectivity index (χ1n) is 14.4. The molecule has 0 aromatic heterocycles. The number of carboxylic acid groups (broad SMARTS) is 1. The summed E-state index contributed by atoms with van der Waals surface area (Å²) in [7, 11) is 0. The maximum absolute atomic E-state index is 10.8. The maximum atomic E-state index is 10.8. The molecule has 0 aliphatic heterocycles. The average molecular weight is 609 g/mol. The predicted octanol–water partition coefficient (Wildman–Crippen LogP) is 2.33. The van der Waals surface area contributed by atoms with Gasteiger partial charge in [0.25, 0.3) is 0 Å². The number of unbranched alkanes of at least 4 members (excludes halogenated alkanes) is 11. The molecule has 13 nitrogen and oxygen atoms in total. The van der Waals surface area contributed by atoms with Crippen molar-refractivity contribution in [3.63, 3.8) is 0 Å². The number of rotatable bonds is 20. The van der Waals surface area contributed by atoms with Crippen molar-refractivity contribution < 1.29 is 64.1 Å². The van der Waals surface area contributed by atoms with Crippen LogP contribution in [0.4, 0.5) is 0 Å². The number of aliphatic hydroxyl groups excluding tert-OH is 5. The zero-order valence-electron chi connectivity index (χ0n) is 25.2. The second kappa shape index (κ2) is 31.2. The molecule has 42 heavy (non-hydrogen) atoms. The normalized spacial score (nSPS) is 11.9. The fourth-order valence-electron chi connectivity index (χ4n) is 3.07. The fourth-order valence-corrected chi connectivity index (χ4v) is 3.07. The first-order valence-corrected chi connectivity index (χ1v) is 14.4. The molecule has 0 saturated carbocycles. The molecule has 13 heteroatoms. The largest absolute Gasteiger partial charge is 0.481 e. The first kappa shape index (κ1) is 43.7. The van der Waals surface area contributed by atoms with Gasteiger partial charge in [-0.25, -0.2) is 9.59 Å². The lowest BCUT2D eigenvalue weighted by molar-refractivity contribution is -0.179. The number of carboxylic acids is 1. The van der Waals surface area contributed by atoms with E-state index in [2.05, 4.69) is 28.5 Å². The van der Waals surface area contributed by atoms with Gasteiger partial charge in [-0.1, -0.05) is 70.4 Å². The lowest BCUT2D eigenvalue weighted by Crippen LogP contribution is -2.42. The minimum atomic E-state index is -2.30. The Labute approximate surface area is 248 Å². The summed E-state index contributed by atoms with van der Waals surface area (Å²) in [6.45, 7) is 3.32. The number of esters is 4. The van der Waals surface area contributed by atoms with Crippen molar-refractivity contribution in [3.8, 4) is 0 Å². The summed E-state index contributed by atoms with van der Waals surface area (Å²) in [4.78, 5) is 52.6. The summed E-state index contributed by atoms with van der Waals surface area (Å²) >= 11 is 0. The second-order valence-electron chi connectivity index (χ2n) is 9.46. The SMILES string of the molecule is CC(=O)OC(=O)C(O)C(O)C(=O)OC(C)=O.CCCCCCCC/C=C\CCCCCCCC(=O)O.OCC(O)CO. The number of carbonyl (C=O) groups is 5. The summed E-state index contributed by atoms with van der Waals surface area (Å²) in [6, 6.07) is 0. The minimum Gasteiger partial charge on any atom is -0.481 e. The smallest absolute Gasteiger partial charge is 0.345 e. The molecule has 0 aliphatic rings. The van der Waals surface area contributed by atoms with E-state index < -0.39 is 48.2 Å². The molecule has 0 fully saturated rings. The van der Waals surface area contributed by atoms with Crippen LogP contribution in [0.25, 0.3) is 0 Å². The van der Waals surface area contributed by atoms with Gasteiger partial charge in [-0.05, 0) is 32.1 Å². The van der Waals surface area contributed by atoms with Gasteiger partial charge < -0.3 is 40.1 Å². The van der Waals surface area contributed by atoms with Gasteiger partial charge in [0.15, 0.2) is 12.2 Å². The Hall–Kier alpha value is -2.71. The number of aliphatic hydroxyl groups is 5. The van der Waals surface area contributed by atoms with Gasteiger partial charge in [0.1, 0.15) is 6.10 Å². The zero-order chi connectivity index (χ0) is 32.8. The molecule has 0 spiro atoms. The van der Waals surface area contributed by atoms with Crippen LogP contribution in [-0.4, -0.2) is 92.0 Å². The van der Waals surface area contributed by atoms with Crippen molar-refractivity contribution in [3.05, 3.63) is 12.2 Å². The number of aliphatic carboxylic acids is 1. The van der Waals surface area contributed by atoms with Gasteiger partial charge in [0.05, 0.1) is 13.2 Å². The molecule has 0 radical (unpaired) electrons. The summed E-state index contributed by atoms with van der Waals surface area (Å²) in [5.74, 6) is -5.73. The first-order chi connectivity index (χ1) is 19.8. The Bertz CT molecular complexity index is 716. The molecule has 0 rings (SSSR count). The molecule has 246 valence electrons. The van der Waals surface area contributed by atoms with Crippen molar-refractivity contribution in [2.45, 2.75) is 129 Å². The van der Waals surface area contributed by atoms with Gasteiger partial charge >= 0.3 is 29.8 Å². The molecule has 0 aromatic carbocycles. The van der Waals surface area contributed by atoms with E-state index in [1.54, 1.807) is 0 Å². The van der Waals surface area contributed by atoms with Gasteiger partial charge in [-0.2, -0.15) is 0 Å². The van der Waals surface area contributed by atoms with E-state index in [4.69, 9.17) is 30.6 Å². The van der Waals surface area contributed by atoms with Crippen molar-refractivity contribution in [1.82, 2.24) is 0 Å². The van der Waals surface area contributed by atoms with Crippen LogP contribution in [0.2, 0.25) is 0 Å². The molecule has 0 heterocycles. The van der Waals surface area contributed by atoms with Gasteiger partial charge in [0.2, 0.25) is 0 Å². The Morgan fingerprint density at radius 2 is 0.976 bits per heavy atom. The highest BCUT2D eigenvalue weighted by Crippen LogP contribution is 2.10. The summed E-state index contributed by atoms with van der Waals surface area (Å²) in [5, 5.41) is 50.6. The number of carbonyl (C=O) groups excluding carboxylic acids is 4. The summed E-state index contributed by atoms with van der Waals surface area (Å²) in [5.41, 5.74) is 0. The molecule has 0 amide bonds. The maximum Gasteiger partial charge on any atom is 0.345 e. The highest BCUT2D eigenvalue weighted by molar-refractivity contribution is 5.93. The molecule has 2 unspecified atom stereocenters. The van der Waals surface area contributed by atoms with Gasteiger partial charge in [0, 0.05) is 20.3 Å². The monoisotopic (exact) mass is 608 g/mol. The van der Waals surface area contributed by atoms with E-state index in [0.717, 1.165) is 26.7 Å². The molecule has 0 aromatic rings. The Morgan fingerprint density at radius 1 is 0.619 bits per heavy atom. The number of allylic oxidation sites excluding steroid dienone is 2. The molecule has 0 saturated heterocycles. The molecule has 0 bridgehead atoms. The summed E-state index contributed by atoms with van der Waals surface area (Å²) < 4.78 is 7.82. The molecule has 2 atom stereocenters. The average Bonchev–Trinajstić information content (AvgIpc) is 2.93. The van der Waals surface area contributed by atoms with Gasteiger partial charge in [-0.15, -0.1) is 0 Å². The number of hydrogen-bond donors (Lipinski definition) is 6. The van der Waals surface area contributed by atoms with E-state index >= 15 is 0 Å². The lowest BCUT2D eigenvalue weighted by atomic mass is 10.1. The third-order valence-electron chi connectivity index (χ3n) is 5.34. The number of ether oxygens (including phenoxy) is 2. The van der Waals surface area contributed by atoms with Crippen LogP contribution >= 0.6 is 0 Å². The van der Waals surface area contributed by atoms with Crippen LogP contribution in [0, 0.1) is 0 Å². The standard InChI is InChI=1S/C18H34O2.C8H10O8.C3H8O3/c1-2-3-4-5-6-7-8-9-10-11-12-13-14-15-16-17-18(19)20;1-3(9)15-7(13)5(11)6(12)8(14)16-4(2)10;4-1-3(6)2-5/h9-10H,2-8,11-17H2,1H3,(H,19,20);5-6,11-12H,1-2H3;3-6H,1-2H2/b10-9-;;. The third kappa shape index (κ3) is 33.5. The van der Waals surface area contributed by atoms with Gasteiger partial charge in [-0.3, -0.25) is 14.4 Å². The topological polar surface area (TPSA) is 225 Å². The van der Waals surface area contributed by atoms with Crippen LogP contribution in [0.1, 0.15) is 111 Å². The Balaban J connectivity index is -0.000000616. The van der Waals surface area contributed by atoms with Crippen LogP contribution in [0.3, 0.4) is 0 Å². The lowest BCUT2D eigenvalue weighted by Gasteiger charge is -2.13. The highest BCUT2D eigenvalue weighted by atomic mass is 16.6. The quantitative estimate of drug-likeness (QED) is 0.0505. The molecular formula is C29H52O13. The van der Waals surface area contributed by atoms with Crippen molar-refractivity contribution in [2.75, 3.05) is 13.2 Å². The van der Waals surface area contributed by atoms with E-state index in [1.165, 1.54) is 70.6 Å². The fraction of sp³-hybridized carbons (Fsp3) is 0.759. The van der Waals surface area contributed by atoms with E-state index in [0.29, 0.717) is 6.42 Å². The van der Waals surface area contributed by atoms with E-state index in [-0.39, 0.29) is 13.2 Å². The molecular weight excluding hydrogens is 556 g/mol. The van der Waals surface area contributed by atoms with Crippen molar-refractivity contribution >= 4 is 29.8 Å². The van der Waals surface area contributed by atoms with Crippen LogP contribution in [0.5, 0.6) is 0 Å². The van der Waals surface area contributed by atoms with Crippen molar-refractivity contribution in [2.24, 2.45) is 0 Å².